The van der Waals surface area contributed by atoms with E-state index >= 15 is 0 Å². The second-order valence-corrected chi connectivity index (χ2v) is 6.93. The third kappa shape index (κ3) is 10.4. The van der Waals surface area contributed by atoms with Gasteiger partial charge in [0.05, 0.1) is 0 Å². The zero-order valence-corrected chi connectivity index (χ0v) is 14.3. The van der Waals surface area contributed by atoms with E-state index in [0.717, 1.165) is 19.3 Å². The van der Waals surface area contributed by atoms with Gasteiger partial charge in [0, 0.05) is 42.3 Å². The molecule has 0 aromatic rings. The van der Waals surface area contributed by atoms with Gasteiger partial charge in [0.25, 0.3) is 0 Å². The minimum atomic E-state index is -0.157. The fourth-order valence-corrected chi connectivity index (χ4v) is 2.75. The van der Waals surface area contributed by atoms with Crippen molar-refractivity contribution in [2.45, 2.75) is 94.7 Å². The maximum Gasteiger partial charge on any atom is 0.0207 e. The molecule has 0 amide bonds. The van der Waals surface area contributed by atoms with E-state index in [0.29, 0.717) is 19.3 Å². The molecule has 0 aromatic heterocycles. The van der Waals surface area contributed by atoms with Crippen LogP contribution in [-0.4, -0.2) is 42.3 Å². The molecule has 0 aliphatic rings. The fourth-order valence-electron chi connectivity index (χ4n) is 2.75. The van der Waals surface area contributed by atoms with Gasteiger partial charge in [-0.15, -0.1) is 0 Å². The normalized spacial score (nSPS) is 21.7. The molecule has 134 valence electrons. The van der Waals surface area contributed by atoms with E-state index in [9.17, 15) is 0 Å². The van der Waals surface area contributed by atoms with Crippen LogP contribution in [0.4, 0.5) is 0 Å². The second-order valence-electron chi connectivity index (χ2n) is 6.93. The lowest BCUT2D eigenvalue weighted by Gasteiger charge is -2.26. The van der Waals surface area contributed by atoms with Crippen LogP contribution >= 0.6 is 0 Å². The largest absolute Gasteiger partial charge is 0.328 e. The van der Waals surface area contributed by atoms with Crippen LogP contribution in [0.5, 0.6) is 0 Å². The highest BCUT2D eigenvalue weighted by atomic mass is 14.8. The predicted molar refractivity (Wildman–Crippen MR) is 94.9 cm³/mol. The van der Waals surface area contributed by atoms with Gasteiger partial charge in [-0.05, 0) is 45.4 Å². The van der Waals surface area contributed by atoms with E-state index < -0.39 is 0 Å². The molecule has 0 bridgehead atoms. The maximum atomic E-state index is 6.13. The third-order valence-electron chi connectivity index (χ3n) is 4.11. The molecule has 0 saturated carbocycles. The molecule has 7 heteroatoms. The second kappa shape index (κ2) is 11.3. The van der Waals surface area contributed by atoms with Crippen LogP contribution in [-0.2, 0) is 0 Å². The van der Waals surface area contributed by atoms with Gasteiger partial charge in [-0.3, -0.25) is 0 Å². The van der Waals surface area contributed by atoms with E-state index in [1.54, 1.807) is 0 Å². The van der Waals surface area contributed by atoms with Gasteiger partial charge < -0.3 is 40.1 Å². The van der Waals surface area contributed by atoms with Crippen molar-refractivity contribution in [1.82, 2.24) is 0 Å². The first kappa shape index (κ1) is 21.7. The molecular weight excluding hydrogens is 278 g/mol. The molecule has 0 radical (unpaired) electrons. The Hall–Kier alpha value is -0.280. The average molecular weight is 318 g/mol. The van der Waals surface area contributed by atoms with Crippen molar-refractivity contribution >= 4 is 0 Å². The molecule has 0 aliphatic heterocycles. The Morgan fingerprint density at radius 3 is 1.32 bits per heavy atom. The van der Waals surface area contributed by atoms with E-state index in [2.05, 4.69) is 6.92 Å². The smallest absolute Gasteiger partial charge is 0.0207 e. The van der Waals surface area contributed by atoms with E-state index in [1.807, 2.05) is 6.92 Å². The molecule has 14 N–H and O–H groups in total. The van der Waals surface area contributed by atoms with Crippen molar-refractivity contribution < 1.29 is 0 Å². The molecule has 0 heterocycles. The average Bonchev–Trinajstić information content (AvgIpc) is 2.36. The highest BCUT2D eigenvalue weighted by Gasteiger charge is 2.20. The Balaban J connectivity index is 4.06. The predicted octanol–water partition coefficient (Wildman–Crippen LogP) is -1.34. The Kier molecular flexibility index (Phi) is 11.1. The van der Waals surface area contributed by atoms with Gasteiger partial charge in [-0.1, -0.05) is 6.92 Å². The van der Waals surface area contributed by atoms with Crippen molar-refractivity contribution in [2.75, 3.05) is 0 Å². The van der Waals surface area contributed by atoms with Crippen molar-refractivity contribution in [3.05, 3.63) is 0 Å². The summed E-state index contributed by atoms with van der Waals surface area (Å²) >= 11 is 0. The van der Waals surface area contributed by atoms with E-state index in [4.69, 9.17) is 40.1 Å². The van der Waals surface area contributed by atoms with Gasteiger partial charge in [0.1, 0.15) is 0 Å². The lowest BCUT2D eigenvalue weighted by molar-refractivity contribution is 0.373. The van der Waals surface area contributed by atoms with Crippen LogP contribution in [0, 0.1) is 0 Å². The fraction of sp³-hybridized carbons (Fsp3) is 1.00. The zero-order valence-electron chi connectivity index (χ0n) is 14.3. The van der Waals surface area contributed by atoms with Crippen molar-refractivity contribution in [2.24, 2.45) is 40.1 Å². The van der Waals surface area contributed by atoms with Crippen molar-refractivity contribution in [1.29, 1.82) is 0 Å². The summed E-state index contributed by atoms with van der Waals surface area (Å²) < 4.78 is 0. The summed E-state index contributed by atoms with van der Waals surface area (Å²) in [5.74, 6) is 0. The van der Waals surface area contributed by atoms with Gasteiger partial charge in [-0.2, -0.15) is 0 Å². The summed E-state index contributed by atoms with van der Waals surface area (Å²) in [6, 6.07) is -0.198. The molecule has 0 spiro atoms. The molecule has 0 aromatic carbocycles. The van der Waals surface area contributed by atoms with Crippen LogP contribution in [0.1, 0.15) is 52.4 Å². The lowest BCUT2D eigenvalue weighted by atomic mass is 9.91. The van der Waals surface area contributed by atoms with Gasteiger partial charge >= 0.3 is 0 Å². The monoisotopic (exact) mass is 317 g/mol. The lowest BCUT2D eigenvalue weighted by Crippen LogP contribution is -2.48. The van der Waals surface area contributed by atoms with Crippen LogP contribution in [0.15, 0.2) is 0 Å². The summed E-state index contributed by atoms with van der Waals surface area (Å²) in [6.45, 7) is 3.98. The summed E-state index contributed by atoms with van der Waals surface area (Å²) in [7, 11) is 0. The number of hydrogen-bond donors (Lipinski definition) is 7. The van der Waals surface area contributed by atoms with Crippen LogP contribution in [0.25, 0.3) is 0 Å². The summed E-state index contributed by atoms with van der Waals surface area (Å²) in [5.41, 5.74) is 42.1. The Morgan fingerprint density at radius 1 is 0.545 bits per heavy atom. The molecule has 0 saturated heterocycles. The molecule has 7 atom stereocenters. The first-order chi connectivity index (χ1) is 10.1. The van der Waals surface area contributed by atoms with E-state index in [1.165, 1.54) is 0 Å². The van der Waals surface area contributed by atoms with Crippen LogP contribution in [0.3, 0.4) is 0 Å². The number of hydrogen-bond acceptors (Lipinski definition) is 7. The van der Waals surface area contributed by atoms with Gasteiger partial charge in [0.15, 0.2) is 0 Å². The molecule has 0 fully saturated rings. The Morgan fingerprint density at radius 2 is 0.909 bits per heavy atom. The van der Waals surface area contributed by atoms with Crippen LogP contribution < -0.4 is 40.1 Å². The molecule has 22 heavy (non-hydrogen) atoms. The van der Waals surface area contributed by atoms with Gasteiger partial charge in [-0.25, -0.2) is 0 Å². The first-order valence-corrected chi connectivity index (χ1v) is 8.44. The Bertz CT molecular complexity index is 275. The molecule has 0 aliphatic carbocycles. The highest BCUT2D eigenvalue weighted by molar-refractivity contribution is 4.85. The third-order valence-corrected chi connectivity index (χ3v) is 4.11. The standard InChI is InChI=1S/C15H39N7/c1-3-10(17)5-11(18)6-12(19)7-13(20)8-15(22)14(21)4-9(2)16/h9-15H,3-8,16-22H2,1-2H3/t9-,10?,11?,12?,13?,14?,15?/m0/s1. The first-order valence-electron chi connectivity index (χ1n) is 8.44. The quantitative estimate of drug-likeness (QED) is 0.232. The summed E-state index contributed by atoms with van der Waals surface area (Å²) in [4.78, 5) is 0. The van der Waals surface area contributed by atoms with Gasteiger partial charge in [0.2, 0.25) is 0 Å². The molecular formula is C15H39N7. The van der Waals surface area contributed by atoms with Crippen molar-refractivity contribution in [3.8, 4) is 0 Å². The summed E-state index contributed by atoms with van der Waals surface area (Å²) in [6.07, 6.45) is 4.47. The van der Waals surface area contributed by atoms with Crippen LogP contribution in [0.2, 0.25) is 0 Å². The zero-order chi connectivity index (χ0) is 17.3. The SMILES string of the molecule is CCC(N)CC(N)CC(N)CC(N)CC(N)C(N)C[C@H](C)N. The minimum absolute atomic E-state index is 0.0196. The summed E-state index contributed by atoms with van der Waals surface area (Å²) in [5, 5.41) is 0. The topological polar surface area (TPSA) is 182 Å². The minimum Gasteiger partial charge on any atom is -0.328 e. The number of rotatable bonds is 12. The maximum absolute atomic E-state index is 6.13. The van der Waals surface area contributed by atoms with Crippen molar-refractivity contribution in [3.63, 3.8) is 0 Å². The van der Waals surface area contributed by atoms with E-state index in [-0.39, 0.29) is 42.3 Å². The molecule has 6 unspecified atom stereocenters. The molecule has 0 rings (SSSR count). The highest BCUT2D eigenvalue weighted by Crippen LogP contribution is 2.10. The molecule has 7 nitrogen and oxygen atoms in total. The number of nitrogens with two attached hydrogens (primary N) is 7. The Labute approximate surface area is 135 Å².